The molecule has 1 fully saturated rings. The molecule has 12 heteroatoms. The molecular formula is C25H38F2N6O3S. The predicted octanol–water partition coefficient (Wildman–Crippen LogP) is 3.89. The number of nitrogens with one attached hydrogen (secondary N) is 1. The van der Waals surface area contributed by atoms with Gasteiger partial charge < -0.3 is 20.6 Å². The van der Waals surface area contributed by atoms with Crippen LogP contribution in [0.4, 0.5) is 14.6 Å². The van der Waals surface area contributed by atoms with Crippen LogP contribution in [0.2, 0.25) is 0 Å². The molecule has 4 atom stereocenters. The van der Waals surface area contributed by atoms with E-state index in [4.69, 9.17) is 10.2 Å². The van der Waals surface area contributed by atoms with E-state index in [2.05, 4.69) is 46.4 Å². The number of rotatable bonds is 10. The number of aliphatic hydroxyl groups excluding tert-OH is 3. The molecule has 1 saturated carbocycles. The second-order valence-electron chi connectivity index (χ2n) is 8.93. The van der Waals surface area contributed by atoms with Gasteiger partial charge in [0.15, 0.2) is 33.8 Å². The summed E-state index contributed by atoms with van der Waals surface area (Å²) in [6, 6.07) is 5.50. The summed E-state index contributed by atoms with van der Waals surface area (Å²) in [4.78, 5) is 9.32. The Balaban J connectivity index is 0.000000331. The first-order chi connectivity index (χ1) is 17.7. The van der Waals surface area contributed by atoms with Gasteiger partial charge in [-0.15, -0.1) is 5.10 Å². The third kappa shape index (κ3) is 9.76. The largest absolute Gasteiger partial charge is 0.394 e. The number of nitrogens with zero attached hydrogens (tertiary/aromatic N) is 5. The van der Waals surface area contributed by atoms with E-state index in [0.717, 1.165) is 48.1 Å². The zero-order valence-corrected chi connectivity index (χ0v) is 22.6. The summed E-state index contributed by atoms with van der Waals surface area (Å²) in [5, 5.41) is 38.4. The van der Waals surface area contributed by atoms with E-state index in [1.54, 1.807) is 16.4 Å². The van der Waals surface area contributed by atoms with Crippen molar-refractivity contribution >= 4 is 28.7 Å². The van der Waals surface area contributed by atoms with Gasteiger partial charge in [0, 0.05) is 11.8 Å². The van der Waals surface area contributed by atoms with Crippen molar-refractivity contribution in [3.8, 4) is 0 Å². The van der Waals surface area contributed by atoms with E-state index in [0.29, 0.717) is 29.7 Å². The molecule has 0 saturated heterocycles. The van der Waals surface area contributed by atoms with Crippen LogP contribution in [-0.2, 0) is 6.54 Å². The minimum Gasteiger partial charge on any atom is -0.394 e. The molecule has 0 amide bonds. The van der Waals surface area contributed by atoms with Gasteiger partial charge in [0.1, 0.15) is 0 Å². The average molecular weight is 541 g/mol. The van der Waals surface area contributed by atoms with Gasteiger partial charge in [0.2, 0.25) is 0 Å². The van der Waals surface area contributed by atoms with Crippen LogP contribution in [0.3, 0.4) is 0 Å². The second-order valence-corrected chi connectivity index (χ2v) is 9.99. The highest BCUT2D eigenvalue weighted by atomic mass is 32.2. The molecule has 0 bridgehead atoms. The van der Waals surface area contributed by atoms with Crippen LogP contribution in [0.25, 0.3) is 11.2 Å². The Kier molecular flexibility index (Phi) is 13.1. The van der Waals surface area contributed by atoms with Gasteiger partial charge in [-0.2, -0.15) is 0 Å². The Morgan fingerprint density at radius 2 is 1.76 bits per heavy atom. The van der Waals surface area contributed by atoms with Gasteiger partial charge in [-0.1, -0.05) is 63.2 Å². The molecule has 2 aromatic heterocycles. The first kappa shape index (κ1) is 30.8. The molecule has 3 aromatic rings. The van der Waals surface area contributed by atoms with Crippen molar-refractivity contribution < 1.29 is 24.1 Å². The molecule has 4 rings (SSSR count). The maximum Gasteiger partial charge on any atom is 0.191 e. The zero-order chi connectivity index (χ0) is 27.4. The minimum atomic E-state index is -0.799. The third-order valence-electron chi connectivity index (χ3n) is 5.79. The van der Waals surface area contributed by atoms with E-state index in [1.807, 2.05) is 6.92 Å². The molecule has 0 spiro atoms. The van der Waals surface area contributed by atoms with Crippen LogP contribution in [0.15, 0.2) is 29.4 Å². The first-order valence-corrected chi connectivity index (χ1v) is 13.5. The van der Waals surface area contributed by atoms with Crippen LogP contribution >= 0.6 is 11.8 Å². The summed E-state index contributed by atoms with van der Waals surface area (Å²) in [6.07, 6.45) is 2.69. The summed E-state index contributed by atoms with van der Waals surface area (Å²) in [5.74, 6) is 1.02. The lowest BCUT2D eigenvalue weighted by molar-refractivity contribution is 0.0934. The van der Waals surface area contributed by atoms with Crippen molar-refractivity contribution in [3.05, 3.63) is 35.9 Å². The third-order valence-corrected chi connectivity index (χ3v) is 6.85. The molecule has 1 aliphatic carbocycles. The molecule has 1 aromatic carbocycles. The number of benzene rings is 1. The van der Waals surface area contributed by atoms with Crippen LogP contribution in [0.5, 0.6) is 0 Å². The lowest BCUT2D eigenvalue weighted by Crippen LogP contribution is -2.24. The van der Waals surface area contributed by atoms with Crippen molar-refractivity contribution in [1.29, 1.82) is 0 Å². The van der Waals surface area contributed by atoms with Gasteiger partial charge in [0.25, 0.3) is 0 Å². The molecule has 0 aliphatic heterocycles. The molecule has 4 N–H and O–H groups in total. The average Bonchev–Trinajstić information content (AvgIpc) is 3.45. The Labute approximate surface area is 220 Å². The highest BCUT2D eigenvalue weighted by molar-refractivity contribution is 7.99. The topological polar surface area (TPSA) is 129 Å². The van der Waals surface area contributed by atoms with Gasteiger partial charge in [-0.05, 0) is 36.8 Å². The molecule has 37 heavy (non-hydrogen) atoms. The molecule has 2 heterocycles. The fourth-order valence-corrected chi connectivity index (χ4v) is 3.78. The van der Waals surface area contributed by atoms with Gasteiger partial charge in [0.05, 0.1) is 25.9 Å². The van der Waals surface area contributed by atoms with E-state index < -0.39 is 17.7 Å². The highest BCUT2D eigenvalue weighted by Gasteiger charge is 2.34. The Bertz CT molecular complexity index is 1070. The normalized spacial score (nSPS) is 17.8. The van der Waals surface area contributed by atoms with Gasteiger partial charge >= 0.3 is 0 Å². The van der Waals surface area contributed by atoms with E-state index in [1.165, 1.54) is 12.1 Å². The predicted molar refractivity (Wildman–Crippen MR) is 141 cm³/mol. The lowest BCUT2D eigenvalue weighted by Gasteiger charge is -2.16. The van der Waals surface area contributed by atoms with Crippen LogP contribution < -0.4 is 5.32 Å². The number of hydrogen-bond donors (Lipinski definition) is 4. The number of anilines is 1. The van der Waals surface area contributed by atoms with E-state index in [-0.39, 0.29) is 19.1 Å². The summed E-state index contributed by atoms with van der Waals surface area (Å²) in [7, 11) is 0. The molecule has 206 valence electrons. The molecular weight excluding hydrogens is 502 g/mol. The Hall–Kier alpha value is -2.41. The number of aliphatic hydroxyl groups is 3. The summed E-state index contributed by atoms with van der Waals surface area (Å²) >= 11 is 1.65. The van der Waals surface area contributed by atoms with E-state index in [9.17, 15) is 13.9 Å². The zero-order valence-electron chi connectivity index (χ0n) is 21.8. The second kappa shape index (κ2) is 15.8. The number of halogens is 2. The quantitative estimate of drug-likeness (QED) is 0.224. The number of hydrogen-bond acceptors (Lipinski definition) is 9. The Morgan fingerprint density at radius 3 is 2.24 bits per heavy atom. The monoisotopic (exact) mass is 540 g/mol. The molecule has 9 nitrogen and oxygen atoms in total. The fraction of sp³-hybridized carbons (Fsp3) is 0.600. The first-order valence-electron chi connectivity index (χ1n) is 12.6. The fourth-order valence-electron chi connectivity index (χ4n) is 3.08. The summed E-state index contributed by atoms with van der Waals surface area (Å²) in [5.41, 5.74) is 1.39. The Morgan fingerprint density at radius 1 is 1.14 bits per heavy atom. The SMILES string of the molecule is CCCSc1nc(N[C@@H]2CC2C)c2nnn(C[C@H](O)C(C)CC)c2n1.Fc1ccccc1F.OCCO. The van der Waals surface area contributed by atoms with Crippen LogP contribution in [-0.4, -0.2) is 71.4 Å². The van der Waals surface area contributed by atoms with Crippen molar-refractivity contribution in [2.24, 2.45) is 11.8 Å². The van der Waals surface area contributed by atoms with Crippen molar-refractivity contribution in [1.82, 2.24) is 25.0 Å². The van der Waals surface area contributed by atoms with Crippen LogP contribution in [0.1, 0.15) is 47.0 Å². The maximum atomic E-state index is 11.9. The highest BCUT2D eigenvalue weighted by Crippen LogP contribution is 2.34. The lowest BCUT2D eigenvalue weighted by atomic mass is 10.0. The van der Waals surface area contributed by atoms with Gasteiger partial charge in [-0.25, -0.2) is 23.4 Å². The number of aromatic nitrogens is 5. The number of fused-ring (bicyclic) bond motifs is 1. The molecule has 1 aliphatic rings. The molecule has 0 radical (unpaired) electrons. The van der Waals surface area contributed by atoms with Crippen molar-refractivity contribution in [2.75, 3.05) is 24.3 Å². The smallest absolute Gasteiger partial charge is 0.191 e. The van der Waals surface area contributed by atoms with E-state index >= 15 is 0 Å². The standard InChI is InChI=1S/C17H28N6OS.C6H4F2.C2H6O2/c1-5-7-25-17-19-15(18-12-8-11(12)4)14-16(20-17)23(22-21-14)9-13(24)10(3)6-2;7-5-3-1-2-4-6(5)8;3-1-2-4/h10-13,24H,5-9H2,1-4H3,(H,18,19,20);1-4H;3-4H,1-2H2/t10?,11?,12-,13+;;/m1../s1. The van der Waals surface area contributed by atoms with Crippen molar-refractivity contribution in [2.45, 2.75) is 70.8 Å². The maximum absolute atomic E-state index is 11.9. The van der Waals surface area contributed by atoms with Crippen LogP contribution in [0, 0.1) is 23.5 Å². The number of thioether (sulfide) groups is 1. The van der Waals surface area contributed by atoms with Crippen molar-refractivity contribution in [3.63, 3.8) is 0 Å². The van der Waals surface area contributed by atoms with Gasteiger partial charge in [-0.3, -0.25) is 0 Å². The molecule has 2 unspecified atom stereocenters. The summed E-state index contributed by atoms with van der Waals surface area (Å²) in [6.45, 7) is 8.64. The minimum absolute atomic E-state index is 0.125. The summed E-state index contributed by atoms with van der Waals surface area (Å²) < 4.78 is 25.6.